The number of anilines is 1. The van der Waals surface area contributed by atoms with Gasteiger partial charge < -0.3 is 10.5 Å². The van der Waals surface area contributed by atoms with Gasteiger partial charge in [0.25, 0.3) is 0 Å². The summed E-state index contributed by atoms with van der Waals surface area (Å²) in [5.41, 5.74) is 8.81. The summed E-state index contributed by atoms with van der Waals surface area (Å²) in [4.78, 5) is 0. The predicted molar refractivity (Wildman–Crippen MR) is 85.8 cm³/mol. The van der Waals surface area contributed by atoms with E-state index in [9.17, 15) is 0 Å². The first-order chi connectivity index (χ1) is 9.27. The molecule has 0 spiro atoms. The number of nitrogens with two attached hydrogens (primary N) is 1. The van der Waals surface area contributed by atoms with Gasteiger partial charge in [-0.05, 0) is 36.1 Å². The van der Waals surface area contributed by atoms with Crippen molar-refractivity contribution < 1.29 is 4.74 Å². The van der Waals surface area contributed by atoms with Crippen LogP contribution in [0.5, 0.6) is 11.5 Å². The van der Waals surface area contributed by atoms with Gasteiger partial charge in [0.05, 0.1) is 5.69 Å². The molecule has 0 aliphatic heterocycles. The molecule has 3 heteroatoms. The summed E-state index contributed by atoms with van der Waals surface area (Å²) in [7, 11) is 0. The predicted octanol–water partition coefficient (Wildman–Crippen LogP) is 5.32. The lowest BCUT2D eigenvalue weighted by atomic mass is 9.86. The van der Waals surface area contributed by atoms with E-state index in [-0.39, 0.29) is 5.41 Å². The quantitative estimate of drug-likeness (QED) is 0.759. The van der Waals surface area contributed by atoms with Crippen LogP contribution in [-0.4, -0.2) is 0 Å². The average Bonchev–Trinajstić information content (AvgIpc) is 2.32. The molecule has 0 aromatic heterocycles. The molecule has 0 unspecified atom stereocenters. The Hall–Kier alpha value is -1.67. The summed E-state index contributed by atoms with van der Waals surface area (Å²) >= 11 is 6.01. The van der Waals surface area contributed by atoms with Crippen LogP contribution in [0.25, 0.3) is 0 Å². The highest BCUT2D eigenvalue weighted by molar-refractivity contribution is 6.30. The van der Waals surface area contributed by atoms with E-state index in [1.165, 1.54) is 0 Å². The molecule has 2 aromatic carbocycles. The summed E-state index contributed by atoms with van der Waals surface area (Å²) in [6.07, 6.45) is 0. The maximum atomic E-state index is 6.02. The van der Waals surface area contributed by atoms with E-state index in [0.717, 1.165) is 16.9 Å². The number of hydrogen-bond donors (Lipinski definition) is 1. The maximum Gasteiger partial charge on any atom is 0.151 e. The Labute approximate surface area is 125 Å². The van der Waals surface area contributed by atoms with Crippen molar-refractivity contribution in [3.8, 4) is 11.5 Å². The first-order valence-corrected chi connectivity index (χ1v) is 6.99. The summed E-state index contributed by atoms with van der Waals surface area (Å²) in [5, 5.41) is 0.610. The number of ether oxygens (including phenoxy) is 1. The number of nitrogen functional groups attached to an aromatic ring is 1. The molecule has 0 aliphatic rings. The fourth-order valence-corrected chi connectivity index (χ4v) is 2.21. The third-order valence-electron chi connectivity index (χ3n) is 3.14. The molecule has 0 saturated heterocycles. The van der Waals surface area contributed by atoms with Crippen molar-refractivity contribution in [3.05, 3.63) is 52.5 Å². The molecule has 2 nitrogen and oxygen atoms in total. The van der Waals surface area contributed by atoms with Gasteiger partial charge in [0.15, 0.2) is 5.75 Å². The molecule has 0 atom stereocenters. The van der Waals surface area contributed by atoms with Crippen LogP contribution >= 0.6 is 11.6 Å². The molecule has 2 N–H and O–H groups in total. The second kappa shape index (κ2) is 5.37. The van der Waals surface area contributed by atoms with E-state index in [1.807, 2.05) is 13.0 Å². The Balaban J connectivity index is 2.47. The van der Waals surface area contributed by atoms with Crippen LogP contribution in [0.2, 0.25) is 5.02 Å². The molecule has 106 valence electrons. The van der Waals surface area contributed by atoms with Gasteiger partial charge >= 0.3 is 0 Å². The molecular weight excluding hydrogens is 270 g/mol. The zero-order valence-corrected chi connectivity index (χ0v) is 13.1. The molecule has 0 saturated carbocycles. The summed E-state index contributed by atoms with van der Waals surface area (Å²) in [6, 6.07) is 11.5. The standard InChI is InChI=1S/C17H20ClNO/c1-11-5-7-13(17(2,3)4)15(9-11)20-16-10-12(18)6-8-14(16)19/h5-10H,19H2,1-4H3. The smallest absolute Gasteiger partial charge is 0.151 e. The van der Waals surface area contributed by atoms with Gasteiger partial charge in [0.1, 0.15) is 5.75 Å². The molecule has 0 radical (unpaired) electrons. The molecule has 20 heavy (non-hydrogen) atoms. The Morgan fingerprint density at radius 2 is 1.70 bits per heavy atom. The third-order valence-corrected chi connectivity index (χ3v) is 3.38. The van der Waals surface area contributed by atoms with Crippen molar-refractivity contribution in [3.63, 3.8) is 0 Å². The van der Waals surface area contributed by atoms with E-state index >= 15 is 0 Å². The number of halogens is 1. The Kier molecular flexibility index (Phi) is 3.96. The van der Waals surface area contributed by atoms with Gasteiger partial charge in [-0.1, -0.05) is 44.5 Å². The number of rotatable bonds is 2. The number of hydrogen-bond acceptors (Lipinski definition) is 2. The second-order valence-corrected chi connectivity index (χ2v) is 6.47. The van der Waals surface area contributed by atoms with Crippen LogP contribution in [-0.2, 0) is 5.41 Å². The zero-order chi connectivity index (χ0) is 14.9. The Bertz CT molecular complexity index is 629. The highest BCUT2D eigenvalue weighted by Crippen LogP contribution is 2.37. The van der Waals surface area contributed by atoms with Crippen LogP contribution in [0, 0.1) is 6.92 Å². The van der Waals surface area contributed by atoms with Crippen molar-refractivity contribution in [2.75, 3.05) is 5.73 Å². The zero-order valence-electron chi connectivity index (χ0n) is 12.3. The van der Waals surface area contributed by atoms with E-state index in [4.69, 9.17) is 22.1 Å². The van der Waals surface area contributed by atoms with Crippen LogP contribution in [0.15, 0.2) is 36.4 Å². The Morgan fingerprint density at radius 3 is 2.35 bits per heavy atom. The molecule has 0 heterocycles. The summed E-state index contributed by atoms with van der Waals surface area (Å²) in [6.45, 7) is 8.52. The van der Waals surface area contributed by atoms with E-state index in [1.54, 1.807) is 18.2 Å². The lowest BCUT2D eigenvalue weighted by Gasteiger charge is -2.23. The molecule has 2 rings (SSSR count). The highest BCUT2D eigenvalue weighted by atomic mass is 35.5. The highest BCUT2D eigenvalue weighted by Gasteiger charge is 2.20. The summed E-state index contributed by atoms with van der Waals surface area (Å²) in [5.74, 6) is 1.42. The number of aryl methyl sites for hydroxylation is 1. The third kappa shape index (κ3) is 3.26. The van der Waals surface area contributed by atoms with Crippen LogP contribution in [0.4, 0.5) is 5.69 Å². The topological polar surface area (TPSA) is 35.2 Å². The lowest BCUT2D eigenvalue weighted by molar-refractivity contribution is 0.457. The molecule has 0 amide bonds. The van der Waals surface area contributed by atoms with Crippen molar-refractivity contribution in [1.29, 1.82) is 0 Å². The minimum atomic E-state index is -0.00360. The van der Waals surface area contributed by atoms with Crippen LogP contribution < -0.4 is 10.5 Å². The minimum Gasteiger partial charge on any atom is -0.455 e. The molecule has 0 fully saturated rings. The molecule has 2 aromatic rings. The fraction of sp³-hybridized carbons (Fsp3) is 0.294. The van der Waals surface area contributed by atoms with E-state index in [0.29, 0.717) is 16.5 Å². The van der Waals surface area contributed by atoms with E-state index in [2.05, 4.69) is 32.9 Å². The van der Waals surface area contributed by atoms with Gasteiger partial charge in [0.2, 0.25) is 0 Å². The van der Waals surface area contributed by atoms with Gasteiger partial charge in [-0.25, -0.2) is 0 Å². The average molecular weight is 290 g/mol. The van der Waals surface area contributed by atoms with Crippen LogP contribution in [0.3, 0.4) is 0 Å². The van der Waals surface area contributed by atoms with Gasteiger partial charge in [-0.15, -0.1) is 0 Å². The normalized spacial score (nSPS) is 11.4. The molecular formula is C17H20ClNO. The number of benzene rings is 2. The largest absolute Gasteiger partial charge is 0.455 e. The minimum absolute atomic E-state index is 0.00360. The van der Waals surface area contributed by atoms with Crippen molar-refractivity contribution >= 4 is 17.3 Å². The van der Waals surface area contributed by atoms with Crippen molar-refractivity contribution in [1.82, 2.24) is 0 Å². The maximum absolute atomic E-state index is 6.02. The molecule has 0 bridgehead atoms. The first kappa shape index (κ1) is 14.7. The van der Waals surface area contributed by atoms with Gasteiger partial charge in [-0.3, -0.25) is 0 Å². The van der Waals surface area contributed by atoms with Crippen molar-refractivity contribution in [2.45, 2.75) is 33.1 Å². The monoisotopic (exact) mass is 289 g/mol. The van der Waals surface area contributed by atoms with Gasteiger partial charge in [-0.2, -0.15) is 0 Å². The Morgan fingerprint density at radius 1 is 1.00 bits per heavy atom. The first-order valence-electron chi connectivity index (χ1n) is 6.61. The van der Waals surface area contributed by atoms with Gasteiger partial charge in [0, 0.05) is 16.7 Å². The molecule has 0 aliphatic carbocycles. The fourth-order valence-electron chi connectivity index (χ4n) is 2.05. The lowest BCUT2D eigenvalue weighted by Crippen LogP contribution is -2.12. The van der Waals surface area contributed by atoms with Crippen molar-refractivity contribution in [2.24, 2.45) is 0 Å². The summed E-state index contributed by atoms with van der Waals surface area (Å²) < 4.78 is 6.02. The SMILES string of the molecule is Cc1ccc(C(C)(C)C)c(Oc2cc(Cl)ccc2N)c1. The second-order valence-electron chi connectivity index (χ2n) is 6.03. The van der Waals surface area contributed by atoms with E-state index < -0.39 is 0 Å². The van der Waals surface area contributed by atoms with Crippen LogP contribution in [0.1, 0.15) is 31.9 Å².